The van der Waals surface area contributed by atoms with E-state index in [0.29, 0.717) is 29.9 Å². The predicted molar refractivity (Wildman–Crippen MR) is 83.5 cm³/mol. The molecule has 2 aromatic carbocycles. The normalized spacial score (nSPS) is 18.5. The quantitative estimate of drug-likeness (QED) is 0.507. The second kappa shape index (κ2) is 6.08. The SMILES string of the molecule is O=C[C@]1(NC(=O)O)C=CCc2ccc(-c3cc(F)c(F)cc3F)cc21. The molecule has 25 heavy (non-hydrogen) atoms. The first-order valence-corrected chi connectivity index (χ1v) is 7.30. The molecule has 0 radical (unpaired) electrons. The molecule has 0 spiro atoms. The van der Waals surface area contributed by atoms with Crippen molar-refractivity contribution in [2.45, 2.75) is 12.0 Å². The third-order valence-corrected chi connectivity index (χ3v) is 4.09. The molecule has 2 N–H and O–H groups in total. The zero-order chi connectivity index (χ0) is 18.2. The molecule has 4 nitrogen and oxygen atoms in total. The van der Waals surface area contributed by atoms with E-state index < -0.39 is 29.1 Å². The van der Waals surface area contributed by atoms with E-state index in [2.05, 4.69) is 5.32 Å². The number of aldehydes is 1. The van der Waals surface area contributed by atoms with Crippen LogP contribution in [-0.4, -0.2) is 17.5 Å². The second-order valence-electron chi connectivity index (χ2n) is 5.64. The minimum atomic E-state index is -1.62. The zero-order valence-corrected chi connectivity index (χ0v) is 12.7. The predicted octanol–water partition coefficient (Wildman–Crippen LogP) is 3.55. The molecule has 3 rings (SSSR count). The molecule has 0 aromatic heterocycles. The molecule has 1 amide bonds. The Morgan fingerprint density at radius 2 is 1.84 bits per heavy atom. The van der Waals surface area contributed by atoms with Gasteiger partial charge in [0.15, 0.2) is 17.9 Å². The second-order valence-corrected chi connectivity index (χ2v) is 5.64. The van der Waals surface area contributed by atoms with Crippen molar-refractivity contribution in [2.75, 3.05) is 0 Å². The van der Waals surface area contributed by atoms with Gasteiger partial charge in [0.05, 0.1) is 0 Å². The lowest BCUT2D eigenvalue weighted by Gasteiger charge is -2.30. The highest BCUT2D eigenvalue weighted by molar-refractivity contribution is 5.82. The highest BCUT2D eigenvalue weighted by atomic mass is 19.2. The smallest absolute Gasteiger partial charge is 0.405 e. The number of allylic oxidation sites excluding steroid dienone is 1. The van der Waals surface area contributed by atoms with Crippen molar-refractivity contribution in [3.63, 3.8) is 0 Å². The molecular formula is C18H12F3NO3. The third-order valence-electron chi connectivity index (χ3n) is 4.09. The monoisotopic (exact) mass is 347 g/mol. The molecule has 0 heterocycles. The Labute approximate surface area is 140 Å². The fourth-order valence-electron chi connectivity index (χ4n) is 2.93. The minimum absolute atomic E-state index is 0.189. The summed E-state index contributed by atoms with van der Waals surface area (Å²) in [6.07, 6.45) is 2.52. The molecule has 1 aliphatic carbocycles. The summed E-state index contributed by atoms with van der Waals surface area (Å²) in [6, 6.07) is 5.66. The van der Waals surface area contributed by atoms with E-state index in [1.165, 1.54) is 18.2 Å². The van der Waals surface area contributed by atoms with Gasteiger partial charge >= 0.3 is 6.09 Å². The standard InChI is InChI=1S/C18H12F3NO3/c19-14-8-16(21)15(20)7-12(14)11-4-3-10-2-1-5-18(9-23,13(10)6-11)22-17(24)25/h1,3-9,22H,2H2,(H,24,25)/t18-/m1/s1. The Balaban J connectivity index is 2.18. The molecule has 0 saturated heterocycles. The summed E-state index contributed by atoms with van der Waals surface area (Å²) in [5, 5.41) is 11.2. The maximum absolute atomic E-state index is 14.0. The van der Waals surface area contributed by atoms with Crippen LogP contribution >= 0.6 is 0 Å². The lowest BCUT2D eigenvalue weighted by atomic mass is 9.80. The highest BCUT2D eigenvalue weighted by Crippen LogP contribution is 2.34. The van der Waals surface area contributed by atoms with Gasteiger partial charge in [-0.05, 0) is 35.2 Å². The van der Waals surface area contributed by atoms with Gasteiger partial charge in [-0.3, -0.25) is 4.79 Å². The average Bonchev–Trinajstić information content (AvgIpc) is 2.57. The van der Waals surface area contributed by atoms with Crippen LogP contribution < -0.4 is 5.32 Å². The van der Waals surface area contributed by atoms with Crippen LogP contribution in [0.2, 0.25) is 0 Å². The Morgan fingerprint density at radius 1 is 1.12 bits per heavy atom. The summed E-state index contributed by atoms with van der Waals surface area (Å²) in [7, 11) is 0. The lowest BCUT2D eigenvalue weighted by molar-refractivity contribution is -0.112. The average molecular weight is 347 g/mol. The van der Waals surface area contributed by atoms with Crippen molar-refractivity contribution in [3.05, 3.63) is 71.1 Å². The van der Waals surface area contributed by atoms with E-state index in [0.717, 1.165) is 6.07 Å². The van der Waals surface area contributed by atoms with Crippen molar-refractivity contribution in [1.29, 1.82) is 0 Å². The maximum atomic E-state index is 14.0. The fourth-order valence-corrected chi connectivity index (χ4v) is 2.93. The van der Waals surface area contributed by atoms with E-state index in [9.17, 15) is 22.8 Å². The summed E-state index contributed by atoms with van der Waals surface area (Å²) in [6.45, 7) is 0. The van der Waals surface area contributed by atoms with Gasteiger partial charge in [0.2, 0.25) is 0 Å². The van der Waals surface area contributed by atoms with E-state index in [1.54, 1.807) is 12.1 Å². The van der Waals surface area contributed by atoms with Crippen LogP contribution in [0.25, 0.3) is 11.1 Å². The Bertz CT molecular complexity index is 911. The van der Waals surface area contributed by atoms with E-state index in [1.807, 2.05) is 0 Å². The van der Waals surface area contributed by atoms with Crippen LogP contribution in [0.15, 0.2) is 42.5 Å². The molecule has 1 aliphatic rings. The summed E-state index contributed by atoms with van der Waals surface area (Å²) >= 11 is 0. The van der Waals surface area contributed by atoms with Gasteiger partial charge in [0.25, 0.3) is 0 Å². The van der Waals surface area contributed by atoms with Gasteiger partial charge in [0.1, 0.15) is 11.4 Å². The number of benzene rings is 2. The summed E-state index contributed by atoms with van der Waals surface area (Å²) in [5.74, 6) is -3.48. The van der Waals surface area contributed by atoms with Crippen LogP contribution in [0.5, 0.6) is 0 Å². The number of fused-ring (bicyclic) bond motifs is 1. The van der Waals surface area contributed by atoms with Crippen LogP contribution in [-0.2, 0) is 16.8 Å². The lowest BCUT2D eigenvalue weighted by Crippen LogP contribution is -2.46. The number of rotatable bonds is 3. The van der Waals surface area contributed by atoms with Crippen molar-refractivity contribution in [3.8, 4) is 11.1 Å². The number of carboxylic acid groups (broad SMARTS) is 1. The van der Waals surface area contributed by atoms with E-state index in [-0.39, 0.29) is 11.1 Å². The van der Waals surface area contributed by atoms with Gasteiger partial charge in [-0.15, -0.1) is 0 Å². The zero-order valence-electron chi connectivity index (χ0n) is 12.7. The van der Waals surface area contributed by atoms with E-state index >= 15 is 0 Å². The van der Waals surface area contributed by atoms with Crippen molar-refractivity contribution >= 4 is 12.4 Å². The molecule has 0 aliphatic heterocycles. The van der Waals surface area contributed by atoms with Gasteiger partial charge in [-0.2, -0.15) is 0 Å². The fraction of sp³-hybridized carbons (Fsp3) is 0.111. The maximum Gasteiger partial charge on any atom is 0.405 e. The largest absolute Gasteiger partial charge is 0.465 e. The molecule has 0 saturated carbocycles. The van der Waals surface area contributed by atoms with Gasteiger partial charge in [-0.1, -0.05) is 24.3 Å². The van der Waals surface area contributed by atoms with Crippen LogP contribution in [0.3, 0.4) is 0 Å². The first-order chi connectivity index (χ1) is 11.9. The molecule has 2 aromatic rings. The van der Waals surface area contributed by atoms with Gasteiger partial charge in [0, 0.05) is 11.6 Å². The van der Waals surface area contributed by atoms with Crippen LogP contribution in [0.1, 0.15) is 11.1 Å². The first-order valence-electron chi connectivity index (χ1n) is 7.30. The molecule has 0 bridgehead atoms. The molecule has 7 heteroatoms. The Kier molecular flexibility index (Phi) is 4.08. The third kappa shape index (κ3) is 2.88. The number of carbonyl (C=O) groups is 2. The number of hydrogen-bond acceptors (Lipinski definition) is 2. The molecular weight excluding hydrogens is 335 g/mol. The van der Waals surface area contributed by atoms with Gasteiger partial charge in [-0.25, -0.2) is 18.0 Å². The topological polar surface area (TPSA) is 66.4 Å². The first kappa shape index (κ1) is 16.8. The number of amides is 1. The molecule has 1 atom stereocenters. The number of hydrogen-bond donors (Lipinski definition) is 2. The van der Waals surface area contributed by atoms with E-state index in [4.69, 9.17) is 5.11 Å². The Hall–Kier alpha value is -3.09. The van der Waals surface area contributed by atoms with Crippen molar-refractivity contribution in [2.24, 2.45) is 0 Å². The summed E-state index contributed by atoms with van der Waals surface area (Å²) in [5.41, 5.74) is -0.635. The Morgan fingerprint density at radius 3 is 2.52 bits per heavy atom. The van der Waals surface area contributed by atoms with Crippen molar-refractivity contribution in [1.82, 2.24) is 5.32 Å². The number of carbonyl (C=O) groups excluding carboxylic acids is 1. The minimum Gasteiger partial charge on any atom is -0.465 e. The molecule has 0 fully saturated rings. The summed E-state index contributed by atoms with van der Waals surface area (Å²) in [4.78, 5) is 22.7. The molecule has 128 valence electrons. The number of halogens is 3. The summed E-state index contributed by atoms with van der Waals surface area (Å²) < 4.78 is 40.6. The van der Waals surface area contributed by atoms with Crippen LogP contribution in [0.4, 0.5) is 18.0 Å². The van der Waals surface area contributed by atoms with Crippen molar-refractivity contribution < 1.29 is 27.9 Å². The number of nitrogens with one attached hydrogen (secondary N) is 1. The molecule has 0 unspecified atom stereocenters. The highest BCUT2D eigenvalue weighted by Gasteiger charge is 2.35. The van der Waals surface area contributed by atoms with Crippen LogP contribution in [0, 0.1) is 17.5 Å². The van der Waals surface area contributed by atoms with Gasteiger partial charge < -0.3 is 10.4 Å².